The number of carboxylic acid groups (broad SMARTS) is 1. The van der Waals surface area contributed by atoms with E-state index in [2.05, 4.69) is 6.58 Å². The second-order valence-corrected chi connectivity index (χ2v) is 4.87. The molecule has 0 aromatic heterocycles. The zero-order chi connectivity index (χ0) is 16.1. The van der Waals surface area contributed by atoms with E-state index in [4.69, 9.17) is 9.84 Å². The van der Waals surface area contributed by atoms with Gasteiger partial charge in [-0.15, -0.1) is 0 Å². The molecule has 4 nitrogen and oxygen atoms in total. The molecule has 0 aliphatic heterocycles. The van der Waals surface area contributed by atoms with Crippen molar-refractivity contribution in [1.82, 2.24) is 0 Å². The third-order valence-electron chi connectivity index (χ3n) is 3.39. The molecule has 4 heteroatoms. The fourth-order valence-electron chi connectivity index (χ4n) is 2.10. The Morgan fingerprint density at radius 2 is 1.95 bits per heavy atom. The van der Waals surface area contributed by atoms with Crippen LogP contribution in [0.5, 0.6) is 11.5 Å². The topological polar surface area (TPSA) is 66.8 Å². The maximum Gasteiger partial charge on any atom is 0.339 e. The summed E-state index contributed by atoms with van der Waals surface area (Å²) in [5, 5.41) is 19.0. The van der Waals surface area contributed by atoms with E-state index in [0.717, 1.165) is 11.1 Å². The monoisotopic (exact) mass is 298 g/mol. The van der Waals surface area contributed by atoms with Crippen LogP contribution in [-0.4, -0.2) is 16.2 Å². The molecule has 0 aliphatic rings. The van der Waals surface area contributed by atoms with Crippen LogP contribution in [0.1, 0.15) is 34.0 Å². The van der Waals surface area contributed by atoms with Crippen molar-refractivity contribution in [3.8, 4) is 11.5 Å². The van der Waals surface area contributed by atoms with Crippen LogP contribution in [0, 0.1) is 0 Å². The molecule has 0 bridgehead atoms. The molecule has 0 amide bonds. The summed E-state index contributed by atoms with van der Waals surface area (Å²) in [4.78, 5) is 11.2. The van der Waals surface area contributed by atoms with Crippen molar-refractivity contribution in [2.24, 2.45) is 0 Å². The predicted octanol–water partition coefficient (Wildman–Crippen LogP) is 3.87. The molecule has 0 spiro atoms. The molecule has 0 saturated carbocycles. The number of aryl methyl sites for hydroxylation is 1. The average Bonchev–Trinajstić information content (AvgIpc) is 2.54. The van der Waals surface area contributed by atoms with Crippen LogP contribution in [0.4, 0.5) is 0 Å². The summed E-state index contributed by atoms with van der Waals surface area (Å²) in [5.74, 6) is -0.939. The Morgan fingerprint density at radius 1 is 1.27 bits per heavy atom. The van der Waals surface area contributed by atoms with E-state index in [1.807, 2.05) is 31.2 Å². The van der Waals surface area contributed by atoms with E-state index < -0.39 is 5.97 Å². The predicted molar refractivity (Wildman–Crippen MR) is 85.3 cm³/mol. The zero-order valence-corrected chi connectivity index (χ0v) is 12.4. The smallest absolute Gasteiger partial charge is 0.339 e. The summed E-state index contributed by atoms with van der Waals surface area (Å²) in [6, 6.07) is 10.7. The first-order valence-corrected chi connectivity index (χ1v) is 6.98. The van der Waals surface area contributed by atoms with Crippen molar-refractivity contribution in [2.75, 3.05) is 0 Å². The molecule has 0 atom stereocenters. The van der Waals surface area contributed by atoms with Gasteiger partial charge in [-0.3, -0.25) is 0 Å². The fraction of sp³-hybridized carbons (Fsp3) is 0.167. The molecule has 2 rings (SSSR count). The van der Waals surface area contributed by atoms with Gasteiger partial charge in [0.05, 0.1) is 0 Å². The second-order valence-electron chi connectivity index (χ2n) is 4.87. The number of rotatable bonds is 6. The number of carboxylic acids is 1. The van der Waals surface area contributed by atoms with Gasteiger partial charge < -0.3 is 14.9 Å². The lowest BCUT2D eigenvalue weighted by atomic mass is 10.1. The molecular weight excluding hydrogens is 280 g/mol. The molecule has 114 valence electrons. The SMILES string of the molecule is C=Cc1ccc(COc2cc(CC)c(O)c(C(=O)O)c2)cc1. The van der Waals surface area contributed by atoms with Crippen molar-refractivity contribution in [1.29, 1.82) is 0 Å². The van der Waals surface area contributed by atoms with Gasteiger partial charge in [0, 0.05) is 0 Å². The van der Waals surface area contributed by atoms with Gasteiger partial charge in [0.1, 0.15) is 23.7 Å². The molecule has 22 heavy (non-hydrogen) atoms. The minimum Gasteiger partial charge on any atom is -0.507 e. The third kappa shape index (κ3) is 3.47. The molecule has 0 saturated heterocycles. The highest BCUT2D eigenvalue weighted by Gasteiger charge is 2.15. The van der Waals surface area contributed by atoms with Crippen LogP contribution in [0.3, 0.4) is 0 Å². The summed E-state index contributed by atoms with van der Waals surface area (Å²) < 4.78 is 5.65. The maximum atomic E-state index is 11.2. The Kier molecular flexibility index (Phi) is 4.84. The van der Waals surface area contributed by atoms with E-state index in [1.165, 1.54) is 6.07 Å². The van der Waals surface area contributed by atoms with Gasteiger partial charge >= 0.3 is 5.97 Å². The molecule has 2 aromatic rings. The minimum absolute atomic E-state index is 0.142. The summed E-state index contributed by atoms with van der Waals surface area (Å²) in [7, 11) is 0. The van der Waals surface area contributed by atoms with Gasteiger partial charge in [-0.2, -0.15) is 0 Å². The number of aromatic carboxylic acids is 1. The Morgan fingerprint density at radius 3 is 2.50 bits per heavy atom. The number of hydrogen-bond donors (Lipinski definition) is 2. The molecule has 2 aromatic carbocycles. The summed E-state index contributed by atoms with van der Waals surface area (Å²) >= 11 is 0. The Hall–Kier alpha value is -2.75. The number of aromatic hydroxyl groups is 1. The standard InChI is InChI=1S/C18H18O4/c1-3-12-5-7-13(8-6-12)11-22-15-9-14(4-2)17(19)16(10-15)18(20)21/h3,5-10,19H,1,4,11H2,2H3,(H,20,21). The number of phenols is 1. The third-order valence-corrected chi connectivity index (χ3v) is 3.39. The maximum absolute atomic E-state index is 11.2. The average molecular weight is 298 g/mol. The first-order chi connectivity index (χ1) is 10.5. The lowest BCUT2D eigenvalue weighted by Crippen LogP contribution is -2.02. The summed E-state index contributed by atoms with van der Waals surface area (Å²) in [6.07, 6.45) is 2.29. The normalized spacial score (nSPS) is 10.2. The van der Waals surface area contributed by atoms with Gasteiger partial charge in [0.2, 0.25) is 0 Å². The number of ether oxygens (including phenoxy) is 1. The summed E-state index contributed by atoms with van der Waals surface area (Å²) in [5.41, 5.74) is 2.40. The highest BCUT2D eigenvalue weighted by molar-refractivity contribution is 5.91. The molecule has 0 unspecified atom stereocenters. The fourth-order valence-corrected chi connectivity index (χ4v) is 2.10. The van der Waals surface area contributed by atoms with Gasteiger partial charge in [-0.1, -0.05) is 43.8 Å². The molecule has 2 N–H and O–H groups in total. The lowest BCUT2D eigenvalue weighted by Gasteiger charge is -2.11. The number of hydrogen-bond acceptors (Lipinski definition) is 3. The van der Waals surface area contributed by atoms with E-state index in [-0.39, 0.29) is 11.3 Å². The molecule has 0 heterocycles. The molecule has 0 aliphatic carbocycles. The van der Waals surface area contributed by atoms with Crippen LogP contribution in [0.25, 0.3) is 6.08 Å². The zero-order valence-electron chi connectivity index (χ0n) is 12.4. The van der Waals surface area contributed by atoms with Crippen molar-refractivity contribution in [3.05, 3.63) is 65.2 Å². The van der Waals surface area contributed by atoms with Crippen LogP contribution in [0.15, 0.2) is 43.0 Å². The van der Waals surface area contributed by atoms with E-state index >= 15 is 0 Å². The van der Waals surface area contributed by atoms with E-state index in [0.29, 0.717) is 24.3 Å². The first-order valence-electron chi connectivity index (χ1n) is 6.98. The molecule has 0 radical (unpaired) electrons. The van der Waals surface area contributed by atoms with E-state index in [9.17, 15) is 9.90 Å². The van der Waals surface area contributed by atoms with Crippen LogP contribution in [0.2, 0.25) is 0 Å². The largest absolute Gasteiger partial charge is 0.507 e. The Balaban J connectivity index is 2.19. The lowest BCUT2D eigenvalue weighted by molar-refractivity contribution is 0.0693. The molecule has 0 fully saturated rings. The highest BCUT2D eigenvalue weighted by Crippen LogP contribution is 2.29. The van der Waals surface area contributed by atoms with Crippen molar-refractivity contribution >= 4 is 12.0 Å². The van der Waals surface area contributed by atoms with Crippen LogP contribution in [-0.2, 0) is 13.0 Å². The van der Waals surface area contributed by atoms with Gasteiger partial charge in [-0.05, 0) is 35.2 Å². The van der Waals surface area contributed by atoms with Crippen LogP contribution < -0.4 is 4.74 Å². The number of carbonyl (C=O) groups is 1. The van der Waals surface area contributed by atoms with Gasteiger partial charge in [-0.25, -0.2) is 4.79 Å². The highest BCUT2D eigenvalue weighted by atomic mass is 16.5. The van der Waals surface area contributed by atoms with Crippen molar-refractivity contribution in [2.45, 2.75) is 20.0 Å². The minimum atomic E-state index is -1.17. The number of benzene rings is 2. The Bertz CT molecular complexity index is 687. The Labute approximate surface area is 129 Å². The van der Waals surface area contributed by atoms with Crippen LogP contribution >= 0.6 is 0 Å². The quantitative estimate of drug-likeness (QED) is 0.849. The summed E-state index contributed by atoms with van der Waals surface area (Å²) in [6.45, 7) is 5.87. The van der Waals surface area contributed by atoms with E-state index in [1.54, 1.807) is 12.1 Å². The van der Waals surface area contributed by atoms with Crippen molar-refractivity contribution in [3.63, 3.8) is 0 Å². The first kappa shape index (κ1) is 15.6. The second kappa shape index (κ2) is 6.80. The van der Waals surface area contributed by atoms with Crippen molar-refractivity contribution < 1.29 is 19.7 Å². The van der Waals surface area contributed by atoms with Gasteiger partial charge in [0.25, 0.3) is 0 Å². The molecular formula is C18H18O4. The van der Waals surface area contributed by atoms with Gasteiger partial charge in [0.15, 0.2) is 0 Å².